The quantitative estimate of drug-likeness (QED) is 0.793. The van der Waals surface area contributed by atoms with E-state index in [0.717, 1.165) is 5.56 Å². The van der Waals surface area contributed by atoms with E-state index in [4.69, 9.17) is 11.6 Å². The summed E-state index contributed by atoms with van der Waals surface area (Å²) in [4.78, 5) is 12.4. The second-order valence-corrected chi connectivity index (χ2v) is 6.47. The minimum atomic E-state index is -0.119. The minimum absolute atomic E-state index is 0.0549. The first-order chi connectivity index (χ1) is 9.88. The van der Waals surface area contributed by atoms with Crippen molar-refractivity contribution in [1.82, 2.24) is 5.32 Å². The van der Waals surface area contributed by atoms with Gasteiger partial charge in [-0.15, -0.1) is 0 Å². The van der Waals surface area contributed by atoms with Crippen LogP contribution in [0.5, 0.6) is 0 Å². The number of amides is 1. The lowest BCUT2D eigenvalue weighted by atomic mass is 10.00. The van der Waals surface area contributed by atoms with E-state index in [1.807, 2.05) is 6.92 Å². The van der Waals surface area contributed by atoms with Gasteiger partial charge in [-0.1, -0.05) is 35.4 Å². The van der Waals surface area contributed by atoms with Crippen LogP contribution in [0.3, 0.4) is 0 Å². The number of hydrogen-bond donors (Lipinski definition) is 1. The van der Waals surface area contributed by atoms with Crippen molar-refractivity contribution in [2.75, 3.05) is 0 Å². The number of hydrogen-bond acceptors (Lipinski definition) is 1. The van der Waals surface area contributed by atoms with Crippen LogP contribution in [0.25, 0.3) is 0 Å². The summed E-state index contributed by atoms with van der Waals surface area (Å²) >= 11 is 9.27. The van der Waals surface area contributed by atoms with Gasteiger partial charge in [-0.2, -0.15) is 0 Å². The molecule has 2 aromatic rings. The van der Waals surface area contributed by atoms with Gasteiger partial charge in [-0.25, -0.2) is 0 Å². The molecule has 0 bridgehead atoms. The van der Waals surface area contributed by atoms with Crippen molar-refractivity contribution in [2.45, 2.75) is 26.8 Å². The summed E-state index contributed by atoms with van der Waals surface area (Å²) in [5, 5.41) is 3.62. The number of carbonyl (C=O) groups is 1. The Kier molecular flexibility index (Phi) is 5.07. The van der Waals surface area contributed by atoms with Crippen LogP contribution < -0.4 is 5.32 Å². The molecule has 2 rings (SSSR count). The Labute approximate surface area is 138 Å². The molecule has 1 N–H and O–H groups in total. The predicted octanol–water partition coefficient (Wildman–Crippen LogP) is 5.21. The lowest BCUT2D eigenvalue weighted by Gasteiger charge is -2.17. The second kappa shape index (κ2) is 6.63. The maximum Gasteiger partial charge on any atom is 0.252 e. The highest BCUT2D eigenvalue weighted by atomic mass is 79.9. The van der Waals surface area contributed by atoms with Gasteiger partial charge in [-0.3, -0.25) is 4.79 Å². The molecule has 0 radical (unpaired) electrons. The van der Waals surface area contributed by atoms with Gasteiger partial charge in [0.15, 0.2) is 0 Å². The molecular weight excluding hydrogens is 350 g/mol. The third kappa shape index (κ3) is 3.86. The van der Waals surface area contributed by atoms with Gasteiger partial charge in [0.25, 0.3) is 5.91 Å². The van der Waals surface area contributed by atoms with Crippen LogP contribution in [0.15, 0.2) is 40.9 Å². The Morgan fingerprint density at radius 1 is 1.19 bits per heavy atom. The molecule has 4 heteroatoms. The third-order valence-electron chi connectivity index (χ3n) is 3.42. The molecular formula is C17H17BrClNO. The summed E-state index contributed by atoms with van der Waals surface area (Å²) in [6.07, 6.45) is 0. The van der Waals surface area contributed by atoms with Crippen LogP contribution in [-0.2, 0) is 0 Å². The molecule has 0 heterocycles. The van der Waals surface area contributed by atoms with Crippen LogP contribution in [0.2, 0.25) is 5.02 Å². The SMILES string of the molecule is Cc1ccc(C(C)NC(=O)c2ccc(Cl)cc2Br)c(C)c1. The molecule has 1 atom stereocenters. The van der Waals surface area contributed by atoms with Crippen LogP contribution in [0, 0.1) is 13.8 Å². The molecule has 110 valence electrons. The van der Waals surface area contributed by atoms with Gasteiger partial charge in [-0.05, 0) is 66.0 Å². The largest absolute Gasteiger partial charge is 0.345 e. The Hall–Kier alpha value is -1.32. The smallest absolute Gasteiger partial charge is 0.252 e. The number of aryl methyl sites for hydroxylation is 2. The van der Waals surface area contributed by atoms with Crippen molar-refractivity contribution in [3.8, 4) is 0 Å². The lowest BCUT2D eigenvalue weighted by molar-refractivity contribution is 0.0939. The van der Waals surface area contributed by atoms with Gasteiger partial charge in [0.05, 0.1) is 11.6 Å². The Morgan fingerprint density at radius 3 is 2.52 bits per heavy atom. The van der Waals surface area contributed by atoms with Crippen LogP contribution in [0.1, 0.15) is 40.0 Å². The average Bonchev–Trinajstić information content (AvgIpc) is 2.37. The summed E-state index contributed by atoms with van der Waals surface area (Å²) in [5.41, 5.74) is 4.10. The highest BCUT2D eigenvalue weighted by Crippen LogP contribution is 2.23. The molecule has 0 spiro atoms. The maximum atomic E-state index is 12.4. The summed E-state index contributed by atoms with van der Waals surface area (Å²) in [6, 6.07) is 11.3. The molecule has 1 unspecified atom stereocenters. The standard InChI is InChI=1S/C17H17BrClNO/c1-10-4-6-14(11(2)8-10)12(3)20-17(21)15-7-5-13(19)9-16(15)18/h4-9,12H,1-3H3,(H,20,21). The van der Waals surface area contributed by atoms with Crippen molar-refractivity contribution >= 4 is 33.4 Å². The van der Waals surface area contributed by atoms with Crippen LogP contribution in [0.4, 0.5) is 0 Å². The number of halogens is 2. The monoisotopic (exact) mass is 365 g/mol. The van der Waals surface area contributed by atoms with E-state index in [2.05, 4.69) is 53.3 Å². The lowest BCUT2D eigenvalue weighted by Crippen LogP contribution is -2.27. The normalized spacial score (nSPS) is 12.0. The van der Waals surface area contributed by atoms with E-state index in [-0.39, 0.29) is 11.9 Å². The van der Waals surface area contributed by atoms with E-state index in [1.54, 1.807) is 18.2 Å². The first-order valence-electron chi connectivity index (χ1n) is 6.71. The molecule has 0 aliphatic carbocycles. The highest BCUT2D eigenvalue weighted by Gasteiger charge is 2.15. The van der Waals surface area contributed by atoms with Crippen molar-refractivity contribution in [3.63, 3.8) is 0 Å². The van der Waals surface area contributed by atoms with Crippen molar-refractivity contribution in [1.29, 1.82) is 0 Å². The minimum Gasteiger partial charge on any atom is -0.345 e. The van der Waals surface area contributed by atoms with Crippen LogP contribution >= 0.6 is 27.5 Å². The zero-order valence-electron chi connectivity index (χ0n) is 12.2. The Balaban J connectivity index is 2.18. The molecule has 0 aromatic heterocycles. The molecule has 0 saturated carbocycles. The average molecular weight is 367 g/mol. The summed E-state index contributed by atoms with van der Waals surface area (Å²) < 4.78 is 0.695. The van der Waals surface area contributed by atoms with Gasteiger partial charge < -0.3 is 5.32 Å². The fourth-order valence-corrected chi connectivity index (χ4v) is 3.20. The van der Waals surface area contributed by atoms with Crippen molar-refractivity contribution in [3.05, 3.63) is 68.1 Å². The van der Waals surface area contributed by atoms with E-state index in [1.165, 1.54) is 11.1 Å². The highest BCUT2D eigenvalue weighted by molar-refractivity contribution is 9.10. The molecule has 0 fully saturated rings. The summed E-state index contributed by atoms with van der Waals surface area (Å²) in [5.74, 6) is -0.119. The molecule has 1 amide bonds. The fraction of sp³-hybridized carbons (Fsp3) is 0.235. The number of rotatable bonds is 3. The molecule has 2 aromatic carbocycles. The van der Waals surface area contributed by atoms with E-state index >= 15 is 0 Å². The zero-order valence-corrected chi connectivity index (χ0v) is 14.5. The Bertz CT molecular complexity index is 684. The van der Waals surface area contributed by atoms with E-state index in [9.17, 15) is 4.79 Å². The molecule has 0 aliphatic rings. The van der Waals surface area contributed by atoms with E-state index < -0.39 is 0 Å². The zero-order chi connectivity index (χ0) is 15.6. The third-order valence-corrected chi connectivity index (χ3v) is 4.31. The molecule has 2 nitrogen and oxygen atoms in total. The van der Waals surface area contributed by atoms with Crippen LogP contribution in [-0.4, -0.2) is 5.91 Å². The van der Waals surface area contributed by atoms with Gasteiger partial charge in [0.2, 0.25) is 0 Å². The van der Waals surface area contributed by atoms with Crippen molar-refractivity contribution in [2.24, 2.45) is 0 Å². The van der Waals surface area contributed by atoms with Gasteiger partial charge >= 0.3 is 0 Å². The van der Waals surface area contributed by atoms with Gasteiger partial charge in [0, 0.05) is 9.50 Å². The first-order valence-corrected chi connectivity index (χ1v) is 7.88. The predicted molar refractivity (Wildman–Crippen MR) is 90.9 cm³/mol. The van der Waals surface area contributed by atoms with Crippen molar-refractivity contribution < 1.29 is 4.79 Å². The fourth-order valence-electron chi connectivity index (χ4n) is 2.34. The molecule has 0 saturated heterocycles. The summed E-state index contributed by atoms with van der Waals surface area (Å²) in [6.45, 7) is 6.10. The Morgan fingerprint density at radius 2 is 1.90 bits per heavy atom. The number of benzene rings is 2. The molecule has 0 aliphatic heterocycles. The molecule has 21 heavy (non-hydrogen) atoms. The first kappa shape index (κ1) is 16.1. The maximum absolute atomic E-state index is 12.4. The number of nitrogens with one attached hydrogen (secondary N) is 1. The number of carbonyl (C=O) groups excluding carboxylic acids is 1. The van der Waals surface area contributed by atoms with E-state index in [0.29, 0.717) is 15.1 Å². The van der Waals surface area contributed by atoms with Gasteiger partial charge in [0.1, 0.15) is 0 Å². The topological polar surface area (TPSA) is 29.1 Å². The summed E-state index contributed by atoms with van der Waals surface area (Å²) in [7, 11) is 0. The second-order valence-electron chi connectivity index (χ2n) is 5.18.